The van der Waals surface area contributed by atoms with Crippen molar-refractivity contribution >= 4 is 5.91 Å². The molecule has 0 bridgehead atoms. The molecule has 0 unspecified atom stereocenters. The molecule has 0 aliphatic rings. The van der Waals surface area contributed by atoms with Crippen molar-refractivity contribution in [2.24, 2.45) is 0 Å². The lowest BCUT2D eigenvalue weighted by atomic mass is 10.1. The van der Waals surface area contributed by atoms with Crippen molar-refractivity contribution in [2.45, 2.75) is 6.42 Å². The number of carbonyl (C=O) groups is 1. The Labute approximate surface area is 140 Å². The van der Waals surface area contributed by atoms with Gasteiger partial charge in [-0.3, -0.25) is 4.79 Å². The molecule has 0 heterocycles. The molecule has 0 aromatic heterocycles. The van der Waals surface area contributed by atoms with Crippen molar-refractivity contribution in [2.75, 3.05) is 27.9 Å². The zero-order valence-corrected chi connectivity index (χ0v) is 13.9. The van der Waals surface area contributed by atoms with Gasteiger partial charge in [0.1, 0.15) is 5.82 Å². The lowest BCUT2D eigenvalue weighted by Gasteiger charge is -2.14. The molecule has 6 heteroatoms. The van der Waals surface area contributed by atoms with Gasteiger partial charge in [-0.15, -0.1) is 0 Å². The first kappa shape index (κ1) is 17.6. The van der Waals surface area contributed by atoms with Crippen LogP contribution in [0.4, 0.5) is 4.39 Å². The number of nitrogens with one attached hydrogen (secondary N) is 1. The summed E-state index contributed by atoms with van der Waals surface area (Å²) in [6, 6.07) is 9.37. The molecule has 2 rings (SSSR count). The Morgan fingerprint density at radius 2 is 1.58 bits per heavy atom. The molecule has 0 radical (unpaired) electrons. The summed E-state index contributed by atoms with van der Waals surface area (Å²) in [6.07, 6.45) is 0.608. The van der Waals surface area contributed by atoms with Crippen LogP contribution in [-0.4, -0.2) is 33.8 Å². The highest BCUT2D eigenvalue weighted by atomic mass is 19.1. The first-order valence-corrected chi connectivity index (χ1v) is 7.41. The van der Waals surface area contributed by atoms with Gasteiger partial charge in [0.05, 0.1) is 21.3 Å². The minimum atomic E-state index is -0.278. The number of halogens is 1. The van der Waals surface area contributed by atoms with Crippen LogP contribution >= 0.6 is 0 Å². The Balaban J connectivity index is 2.05. The maximum absolute atomic E-state index is 12.9. The second-order valence-corrected chi connectivity index (χ2v) is 5.05. The van der Waals surface area contributed by atoms with E-state index in [4.69, 9.17) is 14.2 Å². The Bertz CT molecular complexity index is 676. The Hall–Kier alpha value is -2.76. The molecule has 0 aliphatic heterocycles. The van der Waals surface area contributed by atoms with E-state index >= 15 is 0 Å². The standard InChI is InChI=1S/C18H20FNO4/c1-22-15-10-13(11-16(23-2)17(15)24-3)18(21)20-9-8-12-4-6-14(19)7-5-12/h4-7,10-11H,8-9H2,1-3H3,(H,20,21). The normalized spacial score (nSPS) is 10.2. The molecule has 0 fully saturated rings. The van der Waals surface area contributed by atoms with Crippen LogP contribution in [0.25, 0.3) is 0 Å². The summed E-state index contributed by atoms with van der Waals surface area (Å²) in [5.74, 6) is 0.737. The zero-order chi connectivity index (χ0) is 17.5. The molecule has 24 heavy (non-hydrogen) atoms. The smallest absolute Gasteiger partial charge is 0.251 e. The lowest BCUT2D eigenvalue weighted by Crippen LogP contribution is -2.25. The van der Waals surface area contributed by atoms with Gasteiger partial charge < -0.3 is 19.5 Å². The number of ether oxygens (including phenoxy) is 3. The first-order chi connectivity index (χ1) is 11.6. The quantitative estimate of drug-likeness (QED) is 0.846. The van der Waals surface area contributed by atoms with Crippen LogP contribution < -0.4 is 19.5 Å². The summed E-state index contributed by atoms with van der Waals surface area (Å²) in [4.78, 5) is 12.3. The fraction of sp³-hybridized carbons (Fsp3) is 0.278. The molecule has 2 aromatic carbocycles. The number of carbonyl (C=O) groups excluding carboxylic acids is 1. The number of amides is 1. The SMILES string of the molecule is COc1cc(C(=O)NCCc2ccc(F)cc2)cc(OC)c1OC. The fourth-order valence-electron chi connectivity index (χ4n) is 2.29. The molecule has 0 atom stereocenters. The average molecular weight is 333 g/mol. The number of hydrogen-bond acceptors (Lipinski definition) is 4. The van der Waals surface area contributed by atoms with Gasteiger partial charge in [-0.05, 0) is 36.2 Å². The molecule has 5 nitrogen and oxygen atoms in total. The second kappa shape index (κ2) is 8.19. The van der Waals surface area contributed by atoms with Gasteiger partial charge in [-0.25, -0.2) is 4.39 Å². The average Bonchev–Trinajstić information content (AvgIpc) is 2.61. The van der Waals surface area contributed by atoms with E-state index in [1.54, 1.807) is 24.3 Å². The third-order valence-electron chi connectivity index (χ3n) is 3.54. The largest absolute Gasteiger partial charge is 0.493 e. The number of methoxy groups -OCH3 is 3. The van der Waals surface area contributed by atoms with Gasteiger partial charge in [-0.2, -0.15) is 0 Å². The minimum absolute atomic E-state index is 0.253. The molecular formula is C18H20FNO4. The van der Waals surface area contributed by atoms with Gasteiger partial charge in [0.2, 0.25) is 5.75 Å². The van der Waals surface area contributed by atoms with E-state index < -0.39 is 0 Å². The van der Waals surface area contributed by atoms with Crippen LogP contribution in [0.15, 0.2) is 36.4 Å². The zero-order valence-electron chi connectivity index (χ0n) is 13.9. The Morgan fingerprint density at radius 1 is 1.00 bits per heavy atom. The Morgan fingerprint density at radius 3 is 2.08 bits per heavy atom. The summed E-state index contributed by atoms with van der Waals surface area (Å²) < 4.78 is 28.6. The van der Waals surface area contributed by atoms with Crippen molar-refractivity contribution in [3.8, 4) is 17.2 Å². The topological polar surface area (TPSA) is 56.8 Å². The highest BCUT2D eigenvalue weighted by molar-refractivity contribution is 5.95. The predicted molar refractivity (Wildman–Crippen MR) is 88.5 cm³/mol. The van der Waals surface area contributed by atoms with Crippen molar-refractivity contribution in [3.05, 3.63) is 53.3 Å². The number of benzene rings is 2. The molecule has 0 spiro atoms. The molecule has 128 valence electrons. The van der Waals surface area contributed by atoms with Crippen molar-refractivity contribution in [3.63, 3.8) is 0 Å². The van der Waals surface area contributed by atoms with Gasteiger partial charge in [0.15, 0.2) is 11.5 Å². The maximum atomic E-state index is 12.9. The lowest BCUT2D eigenvalue weighted by molar-refractivity contribution is 0.0953. The highest BCUT2D eigenvalue weighted by Crippen LogP contribution is 2.38. The van der Waals surface area contributed by atoms with E-state index in [-0.39, 0.29) is 11.7 Å². The molecule has 2 aromatic rings. The van der Waals surface area contributed by atoms with Crippen molar-refractivity contribution < 1.29 is 23.4 Å². The van der Waals surface area contributed by atoms with Crippen LogP contribution in [0.2, 0.25) is 0 Å². The van der Waals surface area contributed by atoms with Gasteiger partial charge in [0, 0.05) is 12.1 Å². The molecule has 0 saturated carbocycles. The van der Waals surface area contributed by atoms with Gasteiger partial charge >= 0.3 is 0 Å². The fourth-order valence-corrected chi connectivity index (χ4v) is 2.29. The van der Waals surface area contributed by atoms with E-state index in [2.05, 4.69) is 5.32 Å². The third kappa shape index (κ3) is 4.16. The summed E-state index contributed by atoms with van der Waals surface area (Å²) in [7, 11) is 4.49. The van der Waals surface area contributed by atoms with Crippen molar-refractivity contribution in [1.82, 2.24) is 5.32 Å². The number of rotatable bonds is 7. The summed E-state index contributed by atoms with van der Waals surface area (Å²) >= 11 is 0. The van der Waals surface area contributed by atoms with E-state index in [1.165, 1.54) is 33.5 Å². The Kier molecular flexibility index (Phi) is 6.01. The minimum Gasteiger partial charge on any atom is -0.493 e. The van der Waals surface area contributed by atoms with E-state index in [1.807, 2.05) is 0 Å². The van der Waals surface area contributed by atoms with E-state index in [0.717, 1.165) is 5.56 Å². The third-order valence-corrected chi connectivity index (χ3v) is 3.54. The van der Waals surface area contributed by atoms with Crippen LogP contribution in [0.5, 0.6) is 17.2 Å². The maximum Gasteiger partial charge on any atom is 0.251 e. The molecule has 1 N–H and O–H groups in total. The van der Waals surface area contributed by atoms with Crippen LogP contribution in [-0.2, 0) is 6.42 Å². The summed E-state index contributed by atoms with van der Waals surface area (Å²) in [5.41, 5.74) is 1.35. The monoisotopic (exact) mass is 333 g/mol. The summed E-state index contributed by atoms with van der Waals surface area (Å²) in [6.45, 7) is 0.432. The predicted octanol–water partition coefficient (Wildman–Crippen LogP) is 2.82. The van der Waals surface area contributed by atoms with E-state index in [0.29, 0.717) is 35.8 Å². The van der Waals surface area contributed by atoms with Crippen LogP contribution in [0.1, 0.15) is 15.9 Å². The first-order valence-electron chi connectivity index (χ1n) is 7.41. The molecule has 1 amide bonds. The molecule has 0 aliphatic carbocycles. The molecular weight excluding hydrogens is 313 g/mol. The summed E-state index contributed by atoms with van der Waals surface area (Å²) in [5, 5.41) is 2.82. The molecule has 0 saturated heterocycles. The van der Waals surface area contributed by atoms with Crippen molar-refractivity contribution in [1.29, 1.82) is 0 Å². The second-order valence-electron chi connectivity index (χ2n) is 5.05. The highest BCUT2D eigenvalue weighted by Gasteiger charge is 2.16. The van der Waals surface area contributed by atoms with Crippen LogP contribution in [0.3, 0.4) is 0 Å². The van der Waals surface area contributed by atoms with Crippen LogP contribution in [0, 0.1) is 5.82 Å². The van der Waals surface area contributed by atoms with Gasteiger partial charge in [0.25, 0.3) is 5.91 Å². The van der Waals surface area contributed by atoms with Gasteiger partial charge in [-0.1, -0.05) is 12.1 Å². The number of hydrogen-bond donors (Lipinski definition) is 1. The van der Waals surface area contributed by atoms with E-state index in [9.17, 15) is 9.18 Å².